The SMILES string of the molecule is CCCC[C@H]1N[C@@H](Cc2ccccc2)C(=O)N1C. The lowest BCUT2D eigenvalue weighted by atomic mass is 10.1. The molecule has 1 aliphatic heterocycles. The Morgan fingerprint density at radius 2 is 2.00 bits per heavy atom. The van der Waals surface area contributed by atoms with E-state index in [9.17, 15) is 4.79 Å². The molecule has 0 saturated carbocycles. The van der Waals surface area contributed by atoms with Gasteiger partial charge in [-0.25, -0.2) is 0 Å². The third-order valence-corrected chi connectivity index (χ3v) is 3.62. The molecule has 3 nitrogen and oxygen atoms in total. The summed E-state index contributed by atoms with van der Waals surface area (Å²) in [6.45, 7) is 2.18. The van der Waals surface area contributed by atoms with E-state index in [2.05, 4.69) is 24.4 Å². The summed E-state index contributed by atoms with van der Waals surface area (Å²) in [6, 6.07) is 10.1. The highest BCUT2D eigenvalue weighted by Gasteiger charge is 2.35. The van der Waals surface area contributed by atoms with Crippen LogP contribution in [0.2, 0.25) is 0 Å². The summed E-state index contributed by atoms with van der Waals surface area (Å²) in [6.07, 6.45) is 4.37. The van der Waals surface area contributed by atoms with E-state index >= 15 is 0 Å². The number of likely N-dealkylation sites (N-methyl/N-ethyl adjacent to an activating group) is 1. The van der Waals surface area contributed by atoms with Crippen molar-refractivity contribution < 1.29 is 4.79 Å². The van der Waals surface area contributed by atoms with Crippen LogP contribution in [0.15, 0.2) is 30.3 Å². The summed E-state index contributed by atoms with van der Waals surface area (Å²) in [5, 5.41) is 3.45. The molecular weight excluding hydrogens is 224 g/mol. The number of carbonyl (C=O) groups is 1. The van der Waals surface area contributed by atoms with Crippen molar-refractivity contribution in [3.05, 3.63) is 35.9 Å². The van der Waals surface area contributed by atoms with E-state index in [1.807, 2.05) is 30.1 Å². The van der Waals surface area contributed by atoms with E-state index in [1.54, 1.807) is 0 Å². The van der Waals surface area contributed by atoms with Gasteiger partial charge < -0.3 is 4.90 Å². The summed E-state index contributed by atoms with van der Waals surface area (Å²) in [5.74, 6) is 0.222. The van der Waals surface area contributed by atoms with Crippen LogP contribution in [0.1, 0.15) is 31.7 Å². The van der Waals surface area contributed by atoms with E-state index in [0.29, 0.717) is 0 Å². The van der Waals surface area contributed by atoms with E-state index in [4.69, 9.17) is 0 Å². The summed E-state index contributed by atoms with van der Waals surface area (Å²) < 4.78 is 0. The molecule has 1 fully saturated rings. The molecule has 3 heteroatoms. The number of carbonyl (C=O) groups excluding carboxylic acids is 1. The Hall–Kier alpha value is -1.35. The quantitative estimate of drug-likeness (QED) is 0.863. The second-order valence-electron chi connectivity index (χ2n) is 5.02. The highest BCUT2D eigenvalue weighted by Crippen LogP contribution is 2.16. The lowest BCUT2D eigenvalue weighted by Gasteiger charge is -2.18. The average Bonchev–Trinajstić information content (AvgIpc) is 2.66. The van der Waals surface area contributed by atoms with Crippen LogP contribution in [-0.2, 0) is 11.2 Å². The molecule has 0 bridgehead atoms. The van der Waals surface area contributed by atoms with E-state index in [0.717, 1.165) is 19.3 Å². The highest BCUT2D eigenvalue weighted by molar-refractivity contribution is 5.84. The fourth-order valence-electron chi connectivity index (χ4n) is 2.49. The number of benzene rings is 1. The first-order valence-electron chi connectivity index (χ1n) is 6.79. The first-order chi connectivity index (χ1) is 8.72. The largest absolute Gasteiger partial charge is 0.329 e. The zero-order valence-corrected chi connectivity index (χ0v) is 11.2. The normalized spacial score (nSPS) is 23.7. The zero-order valence-electron chi connectivity index (χ0n) is 11.2. The molecule has 1 N–H and O–H groups in total. The third kappa shape index (κ3) is 2.91. The maximum atomic E-state index is 12.1. The fraction of sp³-hybridized carbons (Fsp3) is 0.533. The van der Waals surface area contributed by atoms with Crippen LogP contribution in [0.25, 0.3) is 0 Å². The van der Waals surface area contributed by atoms with Gasteiger partial charge in [0.2, 0.25) is 5.91 Å². The van der Waals surface area contributed by atoms with Gasteiger partial charge in [0.05, 0.1) is 12.2 Å². The minimum atomic E-state index is -0.0562. The molecule has 2 rings (SSSR count). The van der Waals surface area contributed by atoms with Crippen molar-refractivity contribution in [2.45, 2.75) is 44.8 Å². The van der Waals surface area contributed by atoms with Crippen molar-refractivity contribution >= 4 is 5.91 Å². The molecule has 0 unspecified atom stereocenters. The predicted octanol–water partition coefficient (Wildman–Crippen LogP) is 2.18. The molecule has 1 saturated heterocycles. The maximum absolute atomic E-state index is 12.1. The topological polar surface area (TPSA) is 32.3 Å². The number of amides is 1. The van der Waals surface area contributed by atoms with E-state index in [1.165, 1.54) is 12.0 Å². The molecule has 2 atom stereocenters. The van der Waals surface area contributed by atoms with Crippen LogP contribution >= 0.6 is 0 Å². The lowest BCUT2D eigenvalue weighted by molar-refractivity contribution is -0.128. The number of nitrogens with zero attached hydrogens (tertiary/aromatic N) is 1. The predicted molar refractivity (Wildman–Crippen MR) is 73.2 cm³/mol. The number of unbranched alkanes of at least 4 members (excludes halogenated alkanes) is 1. The average molecular weight is 246 g/mol. The van der Waals surface area contributed by atoms with Gasteiger partial charge >= 0.3 is 0 Å². The molecule has 1 amide bonds. The van der Waals surface area contributed by atoms with Crippen molar-refractivity contribution in [2.24, 2.45) is 0 Å². The summed E-state index contributed by atoms with van der Waals surface area (Å²) in [4.78, 5) is 14.0. The van der Waals surface area contributed by atoms with Crippen molar-refractivity contribution in [3.8, 4) is 0 Å². The van der Waals surface area contributed by atoms with Gasteiger partial charge in [-0.05, 0) is 18.4 Å². The molecule has 0 radical (unpaired) electrons. The fourth-order valence-corrected chi connectivity index (χ4v) is 2.49. The number of nitrogens with one attached hydrogen (secondary N) is 1. The van der Waals surface area contributed by atoms with E-state index in [-0.39, 0.29) is 18.1 Å². The number of rotatable bonds is 5. The number of hydrogen-bond acceptors (Lipinski definition) is 2. The molecular formula is C15H22N2O. The maximum Gasteiger partial charge on any atom is 0.241 e. The zero-order chi connectivity index (χ0) is 13.0. The Balaban J connectivity index is 1.96. The molecule has 1 heterocycles. The van der Waals surface area contributed by atoms with Crippen LogP contribution < -0.4 is 5.32 Å². The van der Waals surface area contributed by atoms with Crippen molar-refractivity contribution in [2.75, 3.05) is 7.05 Å². The van der Waals surface area contributed by atoms with Gasteiger partial charge in [-0.15, -0.1) is 0 Å². The van der Waals surface area contributed by atoms with Crippen molar-refractivity contribution in [3.63, 3.8) is 0 Å². The Labute approximate surface area is 109 Å². The molecule has 1 aromatic rings. The summed E-state index contributed by atoms with van der Waals surface area (Å²) in [7, 11) is 1.90. The van der Waals surface area contributed by atoms with Crippen LogP contribution in [0.3, 0.4) is 0 Å². The highest BCUT2D eigenvalue weighted by atomic mass is 16.2. The first-order valence-corrected chi connectivity index (χ1v) is 6.79. The first kappa shape index (κ1) is 13.1. The van der Waals surface area contributed by atoms with Crippen molar-refractivity contribution in [1.82, 2.24) is 10.2 Å². The second-order valence-corrected chi connectivity index (χ2v) is 5.02. The van der Waals surface area contributed by atoms with Gasteiger partial charge in [0.25, 0.3) is 0 Å². The monoisotopic (exact) mass is 246 g/mol. The molecule has 1 aromatic carbocycles. The van der Waals surface area contributed by atoms with Crippen LogP contribution in [0.5, 0.6) is 0 Å². The van der Waals surface area contributed by atoms with Gasteiger partial charge in [0, 0.05) is 7.05 Å². The molecule has 1 aliphatic rings. The molecule has 98 valence electrons. The summed E-state index contributed by atoms with van der Waals surface area (Å²) in [5.41, 5.74) is 1.22. The van der Waals surface area contributed by atoms with Gasteiger partial charge in [-0.3, -0.25) is 10.1 Å². The smallest absolute Gasteiger partial charge is 0.241 e. The minimum Gasteiger partial charge on any atom is -0.329 e. The third-order valence-electron chi connectivity index (χ3n) is 3.62. The Morgan fingerprint density at radius 1 is 1.28 bits per heavy atom. The Kier molecular flexibility index (Phi) is 4.37. The van der Waals surface area contributed by atoms with Gasteiger partial charge in [-0.1, -0.05) is 50.1 Å². The van der Waals surface area contributed by atoms with Gasteiger partial charge in [-0.2, -0.15) is 0 Å². The lowest BCUT2D eigenvalue weighted by Crippen LogP contribution is -2.35. The second kappa shape index (κ2) is 6.01. The van der Waals surface area contributed by atoms with Crippen LogP contribution in [0, 0.1) is 0 Å². The van der Waals surface area contributed by atoms with Crippen LogP contribution in [0.4, 0.5) is 0 Å². The number of hydrogen-bond donors (Lipinski definition) is 1. The molecule has 18 heavy (non-hydrogen) atoms. The molecule has 0 aromatic heterocycles. The van der Waals surface area contributed by atoms with Gasteiger partial charge in [0.15, 0.2) is 0 Å². The standard InChI is InChI=1S/C15H22N2O/c1-3-4-10-14-16-13(15(18)17(14)2)11-12-8-6-5-7-9-12/h5-9,13-14,16H,3-4,10-11H2,1-2H3/t13-,14-/m0/s1. The Bertz CT molecular complexity index is 391. The van der Waals surface area contributed by atoms with Crippen LogP contribution in [-0.4, -0.2) is 30.1 Å². The Morgan fingerprint density at radius 3 is 2.67 bits per heavy atom. The van der Waals surface area contributed by atoms with Gasteiger partial charge in [0.1, 0.15) is 0 Å². The summed E-state index contributed by atoms with van der Waals surface area (Å²) >= 11 is 0. The molecule has 0 spiro atoms. The molecule has 0 aliphatic carbocycles. The van der Waals surface area contributed by atoms with E-state index < -0.39 is 0 Å². The minimum absolute atomic E-state index is 0.0562. The van der Waals surface area contributed by atoms with Crippen molar-refractivity contribution in [1.29, 1.82) is 0 Å².